The Morgan fingerprint density at radius 3 is 2.56 bits per heavy atom. The summed E-state index contributed by atoms with van der Waals surface area (Å²) in [6.07, 6.45) is -0.851. The summed E-state index contributed by atoms with van der Waals surface area (Å²) in [6.45, 7) is 1.95. The van der Waals surface area contributed by atoms with Crippen LogP contribution in [0, 0.1) is 5.41 Å². The van der Waals surface area contributed by atoms with Crippen LogP contribution in [0.15, 0.2) is 12.4 Å². The van der Waals surface area contributed by atoms with E-state index >= 15 is 0 Å². The van der Waals surface area contributed by atoms with Gasteiger partial charge in [-0.05, 0) is 12.8 Å². The maximum atomic E-state index is 12.4. The maximum Gasteiger partial charge on any atom is 0.435 e. The summed E-state index contributed by atoms with van der Waals surface area (Å²) in [5.41, 5.74) is -0.695. The topological polar surface area (TPSA) is 47.0 Å². The minimum Gasteiger partial charge on any atom is -0.473 e. The summed E-state index contributed by atoms with van der Waals surface area (Å²) < 4.78 is 42.7. The largest absolute Gasteiger partial charge is 0.473 e. The van der Waals surface area contributed by atoms with Crippen LogP contribution in [0.3, 0.4) is 0 Å². The summed E-state index contributed by atoms with van der Waals surface area (Å²) in [5.74, 6) is -0.0445. The van der Waals surface area contributed by atoms with Crippen LogP contribution in [0.1, 0.15) is 18.5 Å². The molecule has 2 fully saturated rings. The van der Waals surface area contributed by atoms with Crippen LogP contribution < -0.4 is 10.1 Å². The van der Waals surface area contributed by atoms with Crippen molar-refractivity contribution < 1.29 is 17.9 Å². The number of alkyl halides is 3. The lowest BCUT2D eigenvalue weighted by molar-refractivity contribution is -0.142. The first-order valence-electron chi connectivity index (χ1n) is 5.74. The number of nitrogens with one attached hydrogen (secondary N) is 1. The van der Waals surface area contributed by atoms with Gasteiger partial charge in [-0.25, -0.2) is 4.98 Å². The van der Waals surface area contributed by atoms with Crippen molar-refractivity contribution in [1.29, 1.82) is 0 Å². The normalized spacial score (nSPS) is 22.4. The molecule has 1 aromatic heterocycles. The average Bonchev–Trinajstić information content (AvgIpc) is 2.19. The van der Waals surface area contributed by atoms with Gasteiger partial charge in [0, 0.05) is 18.5 Å². The Hall–Kier alpha value is -1.37. The molecule has 0 amide bonds. The first kappa shape index (κ1) is 11.7. The van der Waals surface area contributed by atoms with Crippen molar-refractivity contribution >= 4 is 0 Å². The smallest absolute Gasteiger partial charge is 0.435 e. The molecule has 0 unspecified atom stereocenters. The Bertz CT molecular complexity index is 451. The fourth-order valence-corrected chi connectivity index (χ4v) is 2.47. The van der Waals surface area contributed by atoms with Gasteiger partial charge in [0.15, 0.2) is 5.69 Å². The molecule has 1 spiro atoms. The van der Waals surface area contributed by atoms with Crippen molar-refractivity contribution in [2.45, 2.75) is 25.1 Å². The first-order valence-corrected chi connectivity index (χ1v) is 5.74. The Balaban J connectivity index is 1.63. The summed E-state index contributed by atoms with van der Waals surface area (Å²) in [7, 11) is 0. The molecule has 0 atom stereocenters. The fourth-order valence-electron chi connectivity index (χ4n) is 2.47. The van der Waals surface area contributed by atoms with Crippen molar-refractivity contribution in [2.24, 2.45) is 5.41 Å². The van der Waals surface area contributed by atoms with Gasteiger partial charge in [-0.3, -0.25) is 4.98 Å². The average molecular weight is 259 g/mol. The molecule has 2 heterocycles. The van der Waals surface area contributed by atoms with E-state index in [1.165, 1.54) is 6.20 Å². The molecule has 0 aromatic carbocycles. The Morgan fingerprint density at radius 2 is 2.00 bits per heavy atom. The quantitative estimate of drug-likeness (QED) is 0.876. The molecule has 0 radical (unpaired) electrons. The fraction of sp³-hybridized carbons (Fsp3) is 0.636. The molecule has 1 aliphatic carbocycles. The van der Waals surface area contributed by atoms with E-state index in [0.717, 1.165) is 25.9 Å². The van der Waals surface area contributed by atoms with Gasteiger partial charge >= 0.3 is 6.18 Å². The molecule has 0 bridgehead atoms. The third-order valence-corrected chi connectivity index (χ3v) is 3.51. The van der Waals surface area contributed by atoms with Gasteiger partial charge in [0.05, 0.1) is 12.4 Å². The number of halogens is 3. The second kappa shape index (κ2) is 3.81. The van der Waals surface area contributed by atoms with Crippen molar-refractivity contribution in [3.05, 3.63) is 18.1 Å². The van der Waals surface area contributed by atoms with E-state index in [1.54, 1.807) is 0 Å². The number of hydrogen-bond acceptors (Lipinski definition) is 4. The Labute approximate surface area is 102 Å². The molecular formula is C11H12F3N3O. The van der Waals surface area contributed by atoms with E-state index in [9.17, 15) is 13.2 Å². The van der Waals surface area contributed by atoms with Crippen LogP contribution in [0.5, 0.6) is 5.88 Å². The summed E-state index contributed by atoms with van der Waals surface area (Å²) in [5, 5.41) is 3.19. The molecule has 2 aliphatic rings. The van der Waals surface area contributed by atoms with E-state index in [0.29, 0.717) is 11.6 Å². The molecule has 4 nitrogen and oxygen atoms in total. The van der Waals surface area contributed by atoms with Crippen molar-refractivity contribution in [3.63, 3.8) is 0 Å². The molecule has 1 saturated carbocycles. The van der Waals surface area contributed by atoms with E-state index in [1.807, 2.05) is 0 Å². The number of aromatic nitrogens is 2. The van der Waals surface area contributed by atoms with E-state index in [2.05, 4.69) is 15.3 Å². The lowest BCUT2D eigenvalue weighted by atomic mass is 9.63. The highest BCUT2D eigenvalue weighted by molar-refractivity contribution is 5.13. The van der Waals surface area contributed by atoms with Gasteiger partial charge in [-0.2, -0.15) is 13.2 Å². The monoisotopic (exact) mass is 259 g/mol. The van der Waals surface area contributed by atoms with Gasteiger partial charge in [0.1, 0.15) is 6.10 Å². The molecule has 7 heteroatoms. The zero-order valence-corrected chi connectivity index (χ0v) is 9.50. The maximum absolute atomic E-state index is 12.4. The van der Waals surface area contributed by atoms with E-state index in [4.69, 9.17) is 4.74 Å². The Kier molecular flexibility index (Phi) is 2.48. The molecular weight excluding hydrogens is 247 g/mol. The highest BCUT2D eigenvalue weighted by Gasteiger charge is 2.49. The third kappa shape index (κ3) is 2.03. The standard InChI is InChI=1S/C11H12F3N3O/c12-11(13,14)8-3-15-4-9(17-8)18-7-1-10(2-7)5-16-6-10/h3-4,7,16H,1-2,5-6H2. The van der Waals surface area contributed by atoms with Gasteiger partial charge in [-0.15, -0.1) is 0 Å². The molecule has 98 valence electrons. The predicted octanol–water partition coefficient (Wildman–Crippen LogP) is 1.63. The number of nitrogens with zero attached hydrogens (tertiary/aromatic N) is 2. The molecule has 1 aliphatic heterocycles. The van der Waals surface area contributed by atoms with Crippen LogP contribution in [-0.4, -0.2) is 29.2 Å². The second-order valence-corrected chi connectivity index (χ2v) is 4.99. The summed E-state index contributed by atoms with van der Waals surface area (Å²) in [6, 6.07) is 0. The van der Waals surface area contributed by atoms with Gasteiger partial charge in [-0.1, -0.05) is 0 Å². The lowest BCUT2D eigenvalue weighted by Crippen LogP contribution is -2.62. The van der Waals surface area contributed by atoms with E-state index < -0.39 is 11.9 Å². The first-order chi connectivity index (χ1) is 8.47. The van der Waals surface area contributed by atoms with Crippen LogP contribution in [0.4, 0.5) is 13.2 Å². The molecule has 1 saturated heterocycles. The van der Waals surface area contributed by atoms with Gasteiger partial charge in [0.25, 0.3) is 0 Å². The highest BCUT2D eigenvalue weighted by Crippen LogP contribution is 2.45. The van der Waals surface area contributed by atoms with E-state index in [-0.39, 0.29) is 12.0 Å². The lowest BCUT2D eigenvalue weighted by Gasteiger charge is -2.53. The predicted molar refractivity (Wildman–Crippen MR) is 56.0 cm³/mol. The zero-order chi connectivity index (χ0) is 12.8. The highest BCUT2D eigenvalue weighted by atomic mass is 19.4. The van der Waals surface area contributed by atoms with Crippen LogP contribution >= 0.6 is 0 Å². The van der Waals surface area contributed by atoms with Crippen molar-refractivity contribution in [2.75, 3.05) is 13.1 Å². The SMILES string of the molecule is FC(F)(F)c1cncc(OC2CC3(CNC3)C2)n1. The molecule has 3 rings (SSSR count). The van der Waals surface area contributed by atoms with Crippen LogP contribution in [0.2, 0.25) is 0 Å². The minimum absolute atomic E-state index is 0.0371. The number of rotatable bonds is 2. The Morgan fingerprint density at radius 1 is 1.28 bits per heavy atom. The summed E-state index contributed by atoms with van der Waals surface area (Å²) in [4.78, 5) is 6.95. The molecule has 1 N–H and O–H groups in total. The zero-order valence-electron chi connectivity index (χ0n) is 9.50. The third-order valence-electron chi connectivity index (χ3n) is 3.51. The van der Waals surface area contributed by atoms with Gasteiger partial charge < -0.3 is 10.1 Å². The molecule has 1 aromatic rings. The van der Waals surface area contributed by atoms with Crippen LogP contribution in [0.25, 0.3) is 0 Å². The van der Waals surface area contributed by atoms with Crippen LogP contribution in [-0.2, 0) is 6.18 Å². The number of hydrogen-bond donors (Lipinski definition) is 1. The summed E-state index contributed by atoms with van der Waals surface area (Å²) >= 11 is 0. The van der Waals surface area contributed by atoms with Gasteiger partial charge in [0.2, 0.25) is 5.88 Å². The second-order valence-electron chi connectivity index (χ2n) is 4.99. The van der Waals surface area contributed by atoms with Crippen molar-refractivity contribution in [1.82, 2.24) is 15.3 Å². The molecule has 18 heavy (non-hydrogen) atoms. The minimum atomic E-state index is -4.48. The van der Waals surface area contributed by atoms with Crippen molar-refractivity contribution in [3.8, 4) is 5.88 Å². The number of ether oxygens (including phenoxy) is 1.